The van der Waals surface area contributed by atoms with E-state index in [-0.39, 0.29) is 10.8 Å². The Morgan fingerprint density at radius 2 is 2.06 bits per heavy atom. The number of aromatic amines is 1. The molecule has 1 aliphatic rings. The van der Waals surface area contributed by atoms with Gasteiger partial charge in [0.25, 0.3) is 0 Å². The van der Waals surface area contributed by atoms with Crippen molar-refractivity contribution in [2.24, 2.45) is 5.92 Å². The van der Waals surface area contributed by atoms with Crippen LogP contribution in [0.3, 0.4) is 0 Å². The van der Waals surface area contributed by atoms with Crippen LogP contribution in [-0.4, -0.2) is 85.2 Å². The molecule has 182 valence electrons. The average molecular weight is 552 g/mol. The largest absolute Gasteiger partial charge is 0.476 e. The van der Waals surface area contributed by atoms with Crippen LogP contribution in [0.4, 0.5) is 0 Å². The quantitative estimate of drug-likeness (QED) is 0.255. The summed E-state index contributed by atoms with van der Waals surface area (Å²) >= 11 is 9.66. The van der Waals surface area contributed by atoms with E-state index >= 15 is 0 Å². The molecule has 1 aromatic heterocycles. The minimum absolute atomic E-state index is 0.00771. The van der Waals surface area contributed by atoms with Gasteiger partial charge in [-0.2, -0.15) is 0 Å². The van der Waals surface area contributed by atoms with Crippen molar-refractivity contribution in [1.29, 1.82) is 0 Å². The molecule has 33 heavy (non-hydrogen) atoms. The summed E-state index contributed by atoms with van der Waals surface area (Å²) in [6.07, 6.45) is -5.51. The second-order valence-corrected chi connectivity index (χ2v) is 9.07. The summed E-state index contributed by atoms with van der Waals surface area (Å²) in [5.41, 5.74) is 0.533. The smallest absolute Gasteiger partial charge is 0.377 e. The van der Waals surface area contributed by atoms with Crippen molar-refractivity contribution < 1.29 is 44.6 Å². The fraction of sp³-hybridized carbons (Fsp3) is 0.500. The molecular formula is C20H24BrClN2O9. The second kappa shape index (κ2) is 9.74. The molecule has 1 aliphatic heterocycles. The van der Waals surface area contributed by atoms with Gasteiger partial charge in [0.05, 0.1) is 40.6 Å². The van der Waals surface area contributed by atoms with Crippen molar-refractivity contribution >= 4 is 50.3 Å². The first kappa shape index (κ1) is 25.7. The van der Waals surface area contributed by atoms with Crippen molar-refractivity contribution in [2.75, 3.05) is 6.61 Å². The molecule has 7 atom stereocenters. The summed E-state index contributed by atoms with van der Waals surface area (Å²) in [6, 6.07) is 2.05. The van der Waals surface area contributed by atoms with Gasteiger partial charge in [-0.3, -0.25) is 4.79 Å². The van der Waals surface area contributed by atoms with Crippen molar-refractivity contribution in [3.63, 3.8) is 0 Å². The molecule has 0 saturated carbocycles. The molecule has 1 aromatic carbocycles. The number of ether oxygens (including phenoxy) is 2. The van der Waals surface area contributed by atoms with Gasteiger partial charge in [-0.15, -0.1) is 0 Å². The topological polar surface area (TPSA) is 182 Å². The summed E-state index contributed by atoms with van der Waals surface area (Å²) in [5.74, 6) is -6.08. The van der Waals surface area contributed by atoms with Gasteiger partial charge in [-0.25, -0.2) is 4.79 Å². The van der Waals surface area contributed by atoms with Crippen molar-refractivity contribution in [1.82, 2.24) is 10.3 Å². The molecule has 13 heteroatoms. The number of H-pyrrole nitrogens is 1. The first-order valence-electron chi connectivity index (χ1n) is 9.92. The zero-order valence-corrected chi connectivity index (χ0v) is 19.9. The number of aliphatic carboxylic acids is 1. The molecule has 0 radical (unpaired) electrons. The summed E-state index contributed by atoms with van der Waals surface area (Å²) in [4.78, 5) is 27.1. The Morgan fingerprint density at radius 1 is 1.39 bits per heavy atom. The number of carbonyl (C=O) groups excluding carboxylic acids is 1. The Hall–Kier alpha value is -1.93. The molecule has 7 N–H and O–H groups in total. The maximum atomic E-state index is 12.5. The number of hydrogen-bond donors (Lipinski definition) is 7. The molecule has 0 unspecified atom stereocenters. The molecular weight excluding hydrogens is 528 g/mol. The molecule has 1 saturated heterocycles. The van der Waals surface area contributed by atoms with Crippen LogP contribution < -0.4 is 10.1 Å². The number of rotatable bonds is 7. The van der Waals surface area contributed by atoms with Crippen LogP contribution in [-0.2, 0) is 14.3 Å². The third-order valence-corrected chi connectivity index (χ3v) is 6.97. The van der Waals surface area contributed by atoms with E-state index in [0.29, 0.717) is 15.4 Å². The van der Waals surface area contributed by atoms with Gasteiger partial charge in [0, 0.05) is 17.6 Å². The predicted molar refractivity (Wildman–Crippen MR) is 119 cm³/mol. The van der Waals surface area contributed by atoms with E-state index in [1.807, 2.05) is 0 Å². The lowest BCUT2D eigenvalue weighted by molar-refractivity contribution is -0.306. The third-order valence-electron chi connectivity index (χ3n) is 5.69. The van der Waals surface area contributed by atoms with Crippen molar-refractivity contribution in [2.45, 2.75) is 50.1 Å². The molecule has 0 spiro atoms. The number of carbonyl (C=O) groups is 2. The zero-order chi connectivity index (χ0) is 24.7. The van der Waals surface area contributed by atoms with Gasteiger partial charge in [0.2, 0.25) is 5.91 Å². The number of aliphatic hydroxyl groups excluding tert-OH is 4. The lowest BCUT2D eigenvalue weighted by atomic mass is 9.81. The predicted octanol–water partition coefficient (Wildman–Crippen LogP) is 0.358. The third kappa shape index (κ3) is 4.56. The maximum absolute atomic E-state index is 12.5. The molecule has 3 rings (SSSR count). The summed E-state index contributed by atoms with van der Waals surface area (Å²) in [6.45, 7) is 1.61. The molecule has 0 bridgehead atoms. The highest BCUT2D eigenvalue weighted by Crippen LogP contribution is 2.43. The molecule has 2 heterocycles. The minimum atomic E-state index is -2.56. The summed E-state index contributed by atoms with van der Waals surface area (Å²) in [5, 5.41) is 53.8. The van der Waals surface area contributed by atoms with Crippen molar-refractivity contribution in [3.05, 3.63) is 27.8 Å². The standard InChI is InChI=1S/C20H24BrClN2O9/c1-7-16(28)15(24-8(2)26)18(17(29)11(27)6-25)33-20(7,19(30)31)32-12-5-23-10-4-3-9(21)14(22)13(10)12/h3-5,7,11,15-18,23,25,27-29H,6H2,1-2H3,(H,24,26)(H,30,31)/t7-,11-,15+,16+,17-,18-,20+/m0/s1. The average Bonchev–Trinajstić information content (AvgIpc) is 3.17. The summed E-state index contributed by atoms with van der Waals surface area (Å²) < 4.78 is 12.1. The Bertz CT molecular complexity index is 1050. The van der Waals surface area contributed by atoms with E-state index in [1.165, 1.54) is 13.1 Å². The van der Waals surface area contributed by atoms with Crippen molar-refractivity contribution in [3.8, 4) is 5.75 Å². The number of carboxylic acids is 1. The molecule has 1 amide bonds. The zero-order valence-electron chi connectivity index (χ0n) is 17.5. The van der Waals surface area contributed by atoms with Crippen LogP contribution in [0.5, 0.6) is 5.75 Å². The SMILES string of the molecule is CC(=O)N[C@@H]1[C@H](O)[C@H](C)[C@](Oc2c[nH]c3ccc(Br)c(Cl)c23)(C(=O)O)O[C@@H]1[C@@H](O)[C@@H](O)CO. The van der Waals surface area contributed by atoms with Gasteiger partial charge in [-0.1, -0.05) is 18.5 Å². The van der Waals surface area contributed by atoms with E-state index in [2.05, 4.69) is 26.2 Å². The number of aromatic nitrogens is 1. The van der Waals surface area contributed by atoms with E-state index in [9.17, 15) is 35.1 Å². The highest BCUT2D eigenvalue weighted by Gasteiger charge is 2.61. The van der Waals surface area contributed by atoms with Crippen LogP contribution in [0, 0.1) is 5.92 Å². The number of fused-ring (bicyclic) bond motifs is 1. The fourth-order valence-corrected chi connectivity index (χ4v) is 4.49. The number of benzene rings is 1. The van der Waals surface area contributed by atoms with Gasteiger partial charge in [0.1, 0.15) is 18.3 Å². The van der Waals surface area contributed by atoms with Gasteiger partial charge < -0.3 is 45.3 Å². The van der Waals surface area contributed by atoms with Gasteiger partial charge in [-0.05, 0) is 28.1 Å². The molecule has 1 fully saturated rings. The Labute approximate surface area is 201 Å². The number of amides is 1. The molecule has 2 aromatic rings. The van der Waals surface area contributed by atoms with E-state index < -0.39 is 60.6 Å². The number of hydrogen-bond acceptors (Lipinski definition) is 8. The first-order chi connectivity index (χ1) is 15.4. The summed E-state index contributed by atoms with van der Waals surface area (Å²) in [7, 11) is 0. The van der Waals surface area contributed by atoms with Gasteiger partial charge in [0.15, 0.2) is 5.75 Å². The van der Waals surface area contributed by atoms with E-state index in [0.717, 1.165) is 6.92 Å². The Morgan fingerprint density at radius 3 is 2.64 bits per heavy atom. The molecule has 11 nitrogen and oxygen atoms in total. The fourth-order valence-electron chi connectivity index (χ4n) is 3.90. The monoisotopic (exact) mass is 550 g/mol. The van der Waals surface area contributed by atoms with E-state index in [1.54, 1.807) is 12.1 Å². The Balaban J connectivity index is 2.11. The lowest BCUT2D eigenvalue weighted by Gasteiger charge is -2.49. The molecule has 0 aliphatic carbocycles. The highest BCUT2D eigenvalue weighted by molar-refractivity contribution is 9.10. The van der Waals surface area contributed by atoms with Gasteiger partial charge >= 0.3 is 11.8 Å². The first-order valence-corrected chi connectivity index (χ1v) is 11.1. The van der Waals surface area contributed by atoms with E-state index in [4.69, 9.17) is 21.1 Å². The van der Waals surface area contributed by atoms with Crippen LogP contribution >= 0.6 is 27.5 Å². The number of halogens is 2. The van der Waals surface area contributed by atoms with Crippen LogP contribution in [0.1, 0.15) is 13.8 Å². The van der Waals surface area contributed by atoms with Crippen LogP contribution in [0.15, 0.2) is 22.8 Å². The normalized spacial score (nSPS) is 29.5. The minimum Gasteiger partial charge on any atom is -0.476 e. The second-order valence-electron chi connectivity index (χ2n) is 7.84. The number of carboxylic acid groups (broad SMARTS) is 1. The van der Waals surface area contributed by atoms with Crippen LogP contribution in [0.25, 0.3) is 10.9 Å². The number of nitrogens with one attached hydrogen (secondary N) is 2. The Kier molecular flexibility index (Phi) is 7.58. The highest BCUT2D eigenvalue weighted by atomic mass is 79.9. The lowest BCUT2D eigenvalue weighted by Crippen LogP contribution is -2.72. The maximum Gasteiger partial charge on any atom is 0.377 e. The van der Waals surface area contributed by atoms with Crippen LogP contribution in [0.2, 0.25) is 5.02 Å². The number of aliphatic hydroxyl groups is 4.